The third-order valence-corrected chi connectivity index (χ3v) is 12.9. The van der Waals surface area contributed by atoms with Crippen LogP contribution >= 0.6 is 19.2 Å². The van der Waals surface area contributed by atoms with Crippen LogP contribution in [0.15, 0.2) is 0 Å². The lowest BCUT2D eigenvalue weighted by Gasteiger charge is -2.42. The topological polar surface area (TPSA) is 35.5 Å². The first kappa shape index (κ1) is 17.7. The minimum atomic E-state index is -3.25. The van der Waals surface area contributed by atoms with Gasteiger partial charge in [-0.3, -0.25) is 4.57 Å². The van der Waals surface area contributed by atoms with Crippen molar-refractivity contribution >= 4 is 27.3 Å². The van der Waals surface area contributed by atoms with Crippen molar-refractivity contribution in [3.63, 3.8) is 0 Å². The normalized spacial score (nSPS) is 16.9. The molecule has 0 aliphatic carbocycles. The number of rotatable bonds is 8. The van der Waals surface area contributed by atoms with E-state index in [0.717, 1.165) is 6.42 Å². The van der Waals surface area contributed by atoms with Gasteiger partial charge in [-0.15, -0.1) is 11.6 Å². The lowest BCUT2D eigenvalue weighted by atomic mass is 10.4. The minimum Gasteiger partial charge on any atom is -0.308 e. The standard InChI is InChI=1S/C11H26ClO3PSi/c1-7-10-11(12,17(4,5)6)16(13,14-8-2)15-9-3/h7-10H2,1-6H3. The number of hydrogen-bond donors (Lipinski definition) is 0. The third-order valence-electron chi connectivity index (χ3n) is 2.76. The molecule has 6 heteroatoms. The molecular weight excluding hydrogens is 275 g/mol. The zero-order valence-corrected chi connectivity index (χ0v) is 14.5. The van der Waals surface area contributed by atoms with Crippen molar-refractivity contribution < 1.29 is 13.6 Å². The van der Waals surface area contributed by atoms with Crippen LogP contribution in [0.4, 0.5) is 0 Å². The van der Waals surface area contributed by atoms with Gasteiger partial charge in [0.15, 0.2) is 0 Å². The Morgan fingerprint density at radius 2 is 1.53 bits per heavy atom. The molecule has 0 bridgehead atoms. The van der Waals surface area contributed by atoms with Crippen LogP contribution in [0.3, 0.4) is 0 Å². The molecule has 0 N–H and O–H groups in total. The number of halogens is 1. The quantitative estimate of drug-likeness (QED) is 0.364. The Balaban J connectivity index is 5.45. The van der Waals surface area contributed by atoms with Gasteiger partial charge in [0.05, 0.1) is 21.3 Å². The molecule has 0 aromatic heterocycles. The first-order chi connectivity index (χ1) is 7.68. The van der Waals surface area contributed by atoms with Crippen molar-refractivity contribution in [3.8, 4) is 0 Å². The zero-order chi connectivity index (χ0) is 13.7. The highest BCUT2D eigenvalue weighted by Gasteiger charge is 2.57. The Morgan fingerprint density at radius 3 is 1.76 bits per heavy atom. The second-order valence-electron chi connectivity index (χ2n) is 5.09. The van der Waals surface area contributed by atoms with Gasteiger partial charge in [-0.25, -0.2) is 0 Å². The molecule has 0 aliphatic heterocycles. The molecule has 1 atom stereocenters. The minimum absolute atomic E-state index is 0.361. The fraction of sp³-hybridized carbons (Fsp3) is 1.00. The molecule has 1 unspecified atom stereocenters. The molecule has 0 aromatic carbocycles. The van der Waals surface area contributed by atoms with E-state index in [-0.39, 0.29) is 0 Å². The summed E-state index contributed by atoms with van der Waals surface area (Å²) in [5.74, 6) is 0. The van der Waals surface area contributed by atoms with Gasteiger partial charge in [-0.2, -0.15) is 0 Å². The lowest BCUT2D eigenvalue weighted by Crippen LogP contribution is -2.48. The second kappa shape index (κ2) is 6.72. The van der Waals surface area contributed by atoms with Crippen molar-refractivity contribution in [2.24, 2.45) is 0 Å². The largest absolute Gasteiger partial charge is 0.348 e. The Kier molecular flexibility index (Phi) is 6.98. The predicted octanol–water partition coefficient (Wildman–Crippen LogP) is 4.87. The van der Waals surface area contributed by atoms with Crippen LogP contribution in [0.2, 0.25) is 19.6 Å². The molecule has 0 fully saturated rings. The van der Waals surface area contributed by atoms with Gasteiger partial charge in [0.25, 0.3) is 0 Å². The van der Waals surface area contributed by atoms with E-state index in [0.29, 0.717) is 19.6 Å². The Morgan fingerprint density at radius 1 is 1.12 bits per heavy atom. The van der Waals surface area contributed by atoms with Crippen LogP contribution in [-0.4, -0.2) is 25.5 Å². The summed E-state index contributed by atoms with van der Waals surface area (Å²) >= 11 is 6.73. The predicted molar refractivity (Wildman–Crippen MR) is 77.7 cm³/mol. The molecule has 0 rings (SSSR count). The van der Waals surface area contributed by atoms with Crippen LogP contribution < -0.4 is 0 Å². The number of hydrogen-bond acceptors (Lipinski definition) is 3. The van der Waals surface area contributed by atoms with Gasteiger partial charge in [0.1, 0.15) is 4.24 Å². The van der Waals surface area contributed by atoms with Crippen LogP contribution in [0, 0.1) is 0 Å². The average molecular weight is 301 g/mol. The van der Waals surface area contributed by atoms with Gasteiger partial charge < -0.3 is 9.05 Å². The summed E-state index contributed by atoms with van der Waals surface area (Å²) in [7, 11) is -5.14. The summed E-state index contributed by atoms with van der Waals surface area (Å²) < 4.78 is 23.0. The smallest absolute Gasteiger partial charge is 0.308 e. The van der Waals surface area contributed by atoms with E-state index in [1.54, 1.807) is 0 Å². The summed E-state index contributed by atoms with van der Waals surface area (Å²) in [6.45, 7) is 12.7. The molecule has 0 amide bonds. The molecule has 104 valence electrons. The molecule has 17 heavy (non-hydrogen) atoms. The fourth-order valence-corrected chi connectivity index (χ4v) is 8.65. The molecule has 0 spiro atoms. The molecule has 0 saturated carbocycles. The summed E-state index contributed by atoms with van der Waals surface area (Å²) in [5.41, 5.74) is 0. The highest BCUT2D eigenvalue weighted by atomic mass is 35.5. The average Bonchev–Trinajstić information content (AvgIpc) is 2.16. The summed E-state index contributed by atoms with van der Waals surface area (Å²) in [4.78, 5) is 0. The summed E-state index contributed by atoms with van der Waals surface area (Å²) in [6, 6.07) is 0. The summed E-state index contributed by atoms with van der Waals surface area (Å²) in [6.07, 6.45) is 1.54. The van der Waals surface area contributed by atoms with Crippen LogP contribution in [0.25, 0.3) is 0 Å². The molecular formula is C11H26ClO3PSi. The second-order valence-corrected chi connectivity index (χ2v) is 14.4. The van der Waals surface area contributed by atoms with E-state index in [1.165, 1.54) is 0 Å². The highest BCUT2D eigenvalue weighted by Crippen LogP contribution is 2.67. The molecule has 3 nitrogen and oxygen atoms in total. The fourth-order valence-electron chi connectivity index (χ4n) is 1.84. The SMILES string of the molecule is CCCC(Cl)([Si](C)(C)C)P(=O)(OCC)OCC. The van der Waals surface area contributed by atoms with Gasteiger partial charge in [-0.1, -0.05) is 33.0 Å². The molecule has 0 radical (unpaired) electrons. The maximum atomic E-state index is 12.9. The van der Waals surface area contributed by atoms with E-state index in [9.17, 15) is 4.57 Å². The highest BCUT2D eigenvalue weighted by molar-refractivity contribution is 7.61. The van der Waals surface area contributed by atoms with Gasteiger partial charge >= 0.3 is 7.60 Å². The maximum absolute atomic E-state index is 12.9. The third kappa shape index (κ3) is 3.81. The van der Waals surface area contributed by atoms with Crippen LogP contribution in [-0.2, 0) is 13.6 Å². The van der Waals surface area contributed by atoms with E-state index in [1.807, 2.05) is 20.8 Å². The Hall–Kier alpha value is 0.657. The monoisotopic (exact) mass is 300 g/mol. The Labute approximate surface area is 112 Å². The molecule has 0 saturated heterocycles. The van der Waals surface area contributed by atoms with Crippen molar-refractivity contribution in [2.75, 3.05) is 13.2 Å². The van der Waals surface area contributed by atoms with Gasteiger partial charge in [0.2, 0.25) is 0 Å². The van der Waals surface area contributed by atoms with E-state index in [4.69, 9.17) is 20.6 Å². The maximum Gasteiger partial charge on any atom is 0.348 e. The summed E-state index contributed by atoms with van der Waals surface area (Å²) in [5, 5.41) is 0. The zero-order valence-electron chi connectivity index (χ0n) is 11.9. The van der Waals surface area contributed by atoms with E-state index >= 15 is 0 Å². The van der Waals surface area contributed by atoms with Gasteiger partial charge in [-0.05, 0) is 20.3 Å². The van der Waals surface area contributed by atoms with Crippen molar-refractivity contribution in [3.05, 3.63) is 0 Å². The van der Waals surface area contributed by atoms with Gasteiger partial charge in [0, 0.05) is 0 Å². The van der Waals surface area contributed by atoms with E-state index in [2.05, 4.69) is 19.6 Å². The molecule has 0 aliphatic rings. The lowest BCUT2D eigenvalue weighted by molar-refractivity contribution is 0.212. The van der Waals surface area contributed by atoms with Crippen molar-refractivity contribution in [1.29, 1.82) is 0 Å². The molecule has 0 aromatic rings. The van der Waals surface area contributed by atoms with Crippen LogP contribution in [0.5, 0.6) is 0 Å². The van der Waals surface area contributed by atoms with Crippen molar-refractivity contribution in [2.45, 2.75) is 57.5 Å². The van der Waals surface area contributed by atoms with E-state index < -0.39 is 19.9 Å². The first-order valence-electron chi connectivity index (χ1n) is 6.26. The first-order valence-corrected chi connectivity index (χ1v) is 11.7. The molecule has 0 heterocycles. The Bertz CT molecular complexity index is 270. The number of alkyl halides is 1. The van der Waals surface area contributed by atoms with Crippen molar-refractivity contribution in [1.82, 2.24) is 0 Å². The van der Waals surface area contributed by atoms with Crippen LogP contribution in [0.1, 0.15) is 33.6 Å².